The quantitative estimate of drug-likeness (QED) is 0.816. The Morgan fingerprint density at radius 1 is 1.06 bits per heavy atom. The molecule has 0 aromatic heterocycles. The van der Waals surface area contributed by atoms with Crippen molar-refractivity contribution in [2.24, 2.45) is 11.8 Å². The van der Waals surface area contributed by atoms with E-state index in [9.17, 15) is 5.11 Å². The Hall–Kier alpha value is -0.160. The van der Waals surface area contributed by atoms with Crippen LogP contribution in [0.2, 0.25) is 0 Å². The lowest BCUT2D eigenvalue weighted by molar-refractivity contribution is -0.0736. The number of nitrogens with zero attached hydrogens (tertiary/aromatic N) is 1. The van der Waals surface area contributed by atoms with E-state index in [1.165, 1.54) is 0 Å². The maximum atomic E-state index is 9.73. The van der Waals surface area contributed by atoms with Gasteiger partial charge in [0.15, 0.2) is 0 Å². The third-order valence-corrected chi connectivity index (χ3v) is 3.90. The second-order valence-corrected chi connectivity index (χ2v) is 6.58. The molecule has 0 aromatic carbocycles. The maximum Gasteiger partial charge on any atom is 0.113 e. The van der Waals surface area contributed by atoms with E-state index >= 15 is 0 Å². The Kier molecular flexibility index (Phi) is 4.32. The summed E-state index contributed by atoms with van der Waals surface area (Å²) in [6, 6.07) is 0. The van der Waals surface area contributed by atoms with Crippen LogP contribution in [-0.4, -0.2) is 47.8 Å². The molecule has 0 aromatic rings. The molecular formula is C14H27NO3. The third-order valence-electron chi connectivity index (χ3n) is 3.90. The summed E-state index contributed by atoms with van der Waals surface area (Å²) in [5.74, 6) is 1.18. The number of aliphatic hydroxyl groups excluding tert-OH is 1. The third kappa shape index (κ3) is 2.57. The highest BCUT2D eigenvalue weighted by Gasteiger charge is 2.55. The lowest BCUT2D eigenvalue weighted by atomic mass is 10.00. The lowest BCUT2D eigenvalue weighted by Crippen LogP contribution is -2.52. The normalized spacial score (nSPS) is 31.5. The first kappa shape index (κ1) is 14.3. The zero-order valence-corrected chi connectivity index (χ0v) is 12.1. The minimum Gasteiger partial charge on any atom is -0.394 e. The molecule has 0 bridgehead atoms. The summed E-state index contributed by atoms with van der Waals surface area (Å²) in [6.45, 7) is 10.1. The Morgan fingerprint density at radius 3 is 1.83 bits per heavy atom. The standard InChI is InChI=1S/C14H27NO3/c1-10(2)5-12-15-13(6-11(3)4)18-9-14(15,7-16)8-17-12/h10-13,16H,5-9H2,1-4H3/t12-,13-/m1/s1. The Balaban J connectivity index is 2.12. The van der Waals surface area contributed by atoms with Crippen molar-refractivity contribution < 1.29 is 14.6 Å². The van der Waals surface area contributed by atoms with Crippen molar-refractivity contribution in [3.05, 3.63) is 0 Å². The SMILES string of the molecule is CC(C)C[C@H]1OCC2(CO)CO[C@H](CC(C)C)N12. The summed E-state index contributed by atoms with van der Waals surface area (Å²) in [4.78, 5) is 2.30. The second kappa shape index (κ2) is 5.45. The summed E-state index contributed by atoms with van der Waals surface area (Å²) in [7, 11) is 0. The van der Waals surface area contributed by atoms with Crippen molar-refractivity contribution in [1.82, 2.24) is 4.90 Å². The van der Waals surface area contributed by atoms with Crippen LogP contribution < -0.4 is 0 Å². The molecule has 2 heterocycles. The molecule has 106 valence electrons. The second-order valence-electron chi connectivity index (χ2n) is 6.58. The van der Waals surface area contributed by atoms with Crippen LogP contribution in [0.25, 0.3) is 0 Å². The number of hydrogen-bond donors (Lipinski definition) is 1. The highest BCUT2D eigenvalue weighted by atomic mass is 16.6. The van der Waals surface area contributed by atoms with Crippen LogP contribution in [-0.2, 0) is 9.47 Å². The minimum atomic E-state index is -0.293. The molecule has 2 aliphatic rings. The zero-order chi connectivity index (χ0) is 13.3. The summed E-state index contributed by atoms with van der Waals surface area (Å²) in [5, 5.41) is 9.73. The predicted octanol–water partition coefficient (Wildman–Crippen LogP) is 1.82. The Labute approximate surface area is 110 Å². The van der Waals surface area contributed by atoms with E-state index in [0.29, 0.717) is 25.0 Å². The molecular weight excluding hydrogens is 230 g/mol. The zero-order valence-electron chi connectivity index (χ0n) is 12.1. The molecule has 0 aliphatic carbocycles. The van der Waals surface area contributed by atoms with Gasteiger partial charge in [-0.15, -0.1) is 0 Å². The van der Waals surface area contributed by atoms with Crippen molar-refractivity contribution in [3.8, 4) is 0 Å². The first-order valence-electron chi connectivity index (χ1n) is 7.11. The monoisotopic (exact) mass is 257 g/mol. The van der Waals surface area contributed by atoms with Gasteiger partial charge in [0, 0.05) is 0 Å². The van der Waals surface area contributed by atoms with Gasteiger partial charge in [-0.25, -0.2) is 4.90 Å². The molecule has 2 aliphatic heterocycles. The topological polar surface area (TPSA) is 41.9 Å². The molecule has 2 atom stereocenters. The van der Waals surface area contributed by atoms with Gasteiger partial charge in [0.05, 0.1) is 25.4 Å². The molecule has 4 heteroatoms. The predicted molar refractivity (Wildman–Crippen MR) is 70.0 cm³/mol. The van der Waals surface area contributed by atoms with E-state index < -0.39 is 0 Å². The number of ether oxygens (including phenoxy) is 2. The molecule has 0 spiro atoms. The summed E-state index contributed by atoms with van der Waals surface area (Å²) in [5.41, 5.74) is -0.293. The van der Waals surface area contributed by atoms with E-state index in [1.54, 1.807) is 0 Å². The van der Waals surface area contributed by atoms with Crippen molar-refractivity contribution in [3.63, 3.8) is 0 Å². The van der Waals surface area contributed by atoms with Gasteiger partial charge in [0.25, 0.3) is 0 Å². The number of hydrogen-bond acceptors (Lipinski definition) is 4. The van der Waals surface area contributed by atoms with E-state index in [4.69, 9.17) is 9.47 Å². The molecule has 4 nitrogen and oxygen atoms in total. The fourth-order valence-corrected chi connectivity index (χ4v) is 2.99. The molecule has 0 unspecified atom stereocenters. The van der Waals surface area contributed by atoms with Gasteiger partial charge in [-0.3, -0.25) is 0 Å². The van der Waals surface area contributed by atoms with Gasteiger partial charge in [0.1, 0.15) is 12.5 Å². The molecule has 2 saturated heterocycles. The van der Waals surface area contributed by atoms with Crippen LogP contribution >= 0.6 is 0 Å². The summed E-state index contributed by atoms with van der Waals surface area (Å²) >= 11 is 0. The average molecular weight is 257 g/mol. The van der Waals surface area contributed by atoms with Gasteiger partial charge in [-0.1, -0.05) is 27.7 Å². The van der Waals surface area contributed by atoms with Crippen LogP contribution in [0.5, 0.6) is 0 Å². The smallest absolute Gasteiger partial charge is 0.113 e. The minimum absolute atomic E-state index is 0.100. The fourth-order valence-electron chi connectivity index (χ4n) is 2.99. The van der Waals surface area contributed by atoms with E-state index in [1.807, 2.05) is 0 Å². The first-order chi connectivity index (χ1) is 8.48. The highest BCUT2D eigenvalue weighted by Crippen LogP contribution is 2.39. The summed E-state index contributed by atoms with van der Waals surface area (Å²) in [6.07, 6.45) is 2.20. The molecule has 18 heavy (non-hydrogen) atoms. The van der Waals surface area contributed by atoms with Crippen LogP contribution in [0, 0.1) is 11.8 Å². The number of rotatable bonds is 5. The van der Waals surface area contributed by atoms with Crippen LogP contribution in [0.1, 0.15) is 40.5 Å². The molecule has 1 N–H and O–H groups in total. The largest absolute Gasteiger partial charge is 0.394 e. The fraction of sp³-hybridized carbons (Fsp3) is 1.00. The van der Waals surface area contributed by atoms with Gasteiger partial charge in [-0.2, -0.15) is 0 Å². The van der Waals surface area contributed by atoms with Crippen LogP contribution in [0.15, 0.2) is 0 Å². The average Bonchev–Trinajstić information content (AvgIpc) is 2.78. The molecule has 2 rings (SSSR count). The molecule has 0 amide bonds. The van der Waals surface area contributed by atoms with E-state index in [0.717, 1.165) is 12.8 Å². The van der Waals surface area contributed by atoms with Gasteiger partial charge in [-0.05, 0) is 24.7 Å². The number of fused-ring (bicyclic) bond motifs is 1. The molecule has 0 saturated carbocycles. The lowest BCUT2D eigenvalue weighted by Gasteiger charge is -2.34. The van der Waals surface area contributed by atoms with Crippen molar-refractivity contribution >= 4 is 0 Å². The van der Waals surface area contributed by atoms with Crippen LogP contribution in [0.4, 0.5) is 0 Å². The van der Waals surface area contributed by atoms with Gasteiger partial charge < -0.3 is 14.6 Å². The molecule has 0 radical (unpaired) electrons. The van der Waals surface area contributed by atoms with E-state index in [-0.39, 0.29) is 24.6 Å². The van der Waals surface area contributed by atoms with E-state index in [2.05, 4.69) is 32.6 Å². The van der Waals surface area contributed by atoms with Gasteiger partial charge in [0.2, 0.25) is 0 Å². The Bertz CT molecular complexity index is 258. The molecule has 2 fully saturated rings. The number of aliphatic hydroxyl groups is 1. The van der Waals surface area contributed by atoms with Crippen molar-refractivity contribution in [1.29, 1.82) is 0 Å². The first-order valence-corrected chi connectivity index (χ1v) is 7.11. The summed E-state index contributed by atoms with van der Waals surface area (Å²) < 4.78 is 11.8. The highest BCUT2D eigenvalue weighted by molar-refractivity contribution is 5.02. The maximum absolute atomic E-state index is 9.73. The van der Waals surface area contributed by atoms with Crippen molar-refractivity contribution in [2.45, 2.75) is 58.5 Å². The van der Waals surface area contributed by atoms with Crippen molar-refractivity contribution in [2.75, 3.05) is 19.8 Å². The van der Waals surface area contributed by atoms with Gasteiger partial charge >= 0.3 is 0 Å². The van der Waals surface area contributed by atoms with Crippen LogP contribution in [0.3, 0.4) is 0 Å². The Morgan fingerprint density at radius 2 is 1.50 bits per heavy atom.